The van der Waals surface area contributed by atoms with E-state index < -0.39 is 0 Å². The van der Waals surface area contributed by atoms with E-state index in [0.717, 1.165) is 19.5 Å². The fourth-order valence-electron chi connectivity index (χ4n) is 3.78. The van der Waals surface area contributed by atoms with Crippen molar-refractivity contribution in [2.75, 3.05) is 13.1 Å². The number of rotatable bonds is 2. The Labute approximate surface area is 134 Å². The molecule has 1 aliphatic carbocycles. The SMILES string of the molecule is Cc1ccc(-c2noc([C@@]34CCC[C@@H]3CNC4)n2)cc1F.Cl. The van der Waals surface area contributed by atoms with Crippen molar-refractivity contribution in [1.82, 2.24) is 15.5 Å². The Morgan fingerprint density at radius 2 is 2.27 bits per heavy atom. The first-order valence-corrected chi connectivity index (χ1v) is 7.50. The molecule has 6 heteroatoms. The maximum Gasteiger partial charge on any atom is 0.234 e. The lowest BCUT2D eigenvalue weighted by Gasteiger charge is -2.22. The second-order valence-electron chi connectivity index (χ2n) is 6.26. The molecule has 1 aliphatic heterocycles. The molecule has 0 amide bonds. The fourth-order valence-corrected chi connectivity index (χ4v) is 3.78. The van der Waals surface area contributed by atoms with Crippen LogP contribution in [0.15, 0.2) is 22.7 Å². The van der Waals surface area contributed by atoms with Crippen molar-refractivity contribution in [1.29, 1.82) is 0 Å². The maximum absolute atomic E-state index is 13.7. The van der Waals surface area contributed by atoms with Crippen molar-refractivity contribution in [3.05, 3.63) is 35.5 Å². The van der Waals surface area contributed by atoms with Gasteiger partial charge in [0.1, 0.15) is 5.82 Å². The predicted molar refractivity (Wildman–Crippen MR) is 83.6 cm³/mol. The Bertz CT molecular complexity index is 678. The van der Waals surface area contributed by atoms with Crippen molar-refractivity contribution in [2.45, 2.75) is 31.6 Å². The van der Waals surface area contributed by atoms with E-state index in [9.17, 15) is 4.39 Å². The number of hydrogen-bond donors (Lipinski definition) is 1. The highest BCUT2D eigenvalue weighted by molar-refractivity contribution is 5.85. The van der Waals surface area contributed by atoms with E-state index in [1.54, 1.807) is 13.0 Å². The van der Waals surface area contributed by atoms with Crippen LogP contribution in [0.3, 0.4) is 0 Å². The summed E-state index contributed by atoms with van der Waals surface area (Å²) in [5.74, 6) is 1.54. The van der Waals surface area contributed by atoms with Gasteiger partial charge in [-0.1, -0.05) is 23.7 Å². The van der Waals surface area contributed by atoms with Gasteiger partial charge in [0, 0.05) is 12.1 Å². The summed E-state index contributed by atoms with van der Waals surface area (Å²) in [6.07, 6.45) is 3.52. The summed E-state index contributed by atoms with van der Waals surface area (Å²) in [5, 5.41) is 7.52. The summed E-state index contributed by atoms with van der Waals surface area (Å²) < 4.78 is 19.2. The van der Waals surface area contributed by atoms with Gasteiger partial charge in [-0.2, -0.15) is 4.98 Å². The second kappa shape index (κ2) is 5.63. The molecule has 0 unspecified atom stereocenters. The van der Waals surface area contributed by atoms with Crippen molar-refractivity contribution in [3.8, 4) is 11.4 Å². The van der Waals surface area contributed by atoms with Gasteiger partial charge in [0.05, 0.1) is 5.41 Å². The summed E-state index contributed by atoms with van der Waals surface area (Å²) >= 11 is 0. The summed E-state index contributed by atoms with van der Waals surface area (Å²) in [6.45, 7) is 3.67. The van der Waals surface area contributed by atoms with Gasteiger partial charge in [-0.05, 0) is 43.9 Å². The van der Waals surface area contributed by atoms with Gasteiger partial charge in [0.15, 0.2) is 0 Å². The van der Waals surface area contributed by atoms with Gasteiger partial charge < -0.3 is 9.84 Å². The van der Waals surface area contributed by atoms with E-state index in [1.165, 1.54) is 18.9 Å². The molecule has 1 aromatic heterocycles. The van der Waals surface area contributed by atoms with Crippen LogP contribution < -0.4 is 5.32 Å². The van der Waals surface area contributed by atoms with Crippen LogP contribution >= 0.6 is 12.4 Å². The monoisotopic (exact) mass is 323 g/mol. The van der Waals surface area contributed by atoms with Gasteiger partial charge in [-0.3, -0.25) is 0 Å². The number of aromatic nitrogens is 2. The Hall–Kier alpha value is -1.46. The summed E-state index contributed by atoms with van der Waals surface area (Å²) in [4.78, 5) is 4.58. The predicted octanol–water partition coefficient (Wildman–Crippen LogP) is 3.25. The van der Waals surface area contributed by atoms with E-state index >= 15 is 0 Å². The highest BCUT2D eigenvalue weighted by atomic mass is 35.5. The molecule has 1 saturated carbocycles. The molecule has 1 N–H and O–H groups in total. The molecule has 118 valence electrons. The highest BCUT2D eigenvalue weighted by Crippen LogP contribution is 2.47. The van der Waals surface area contributed by atoms with E-state index in [2.05, 4.69) is 15.5 Å². The standard InChI is InChI=1S/C16H18FN3O.ClH/c1-10-4-5-11(7-13(10)17)14-19-15(21-20-14)16-6-2-3-12(16)8-18-9-16;/h4-5,7,12,18H,2-3,6,8-9H2,1H3;1H/t12-,16-;/m1./s1. The first-order chi connectivity index (χ1) is 10.2. The zero-order valence-corrected chi connectivity index (χ0v) is 13.3. The van der Waals surface area contributed by atoms with E-state index in [0.29, 0.717) is 28.8 Å². The molecule has 2 heterocycles. The minimum Gasteiger partial charge on any atom is -0.338 e. The first-order valence-electron chi connectivity index (χ1n) is 7.50. The van der Waals surface area contributed by atoms with Crippen molar-refractivity contribution in [3.63, 3.8) is 0 Å². The van der Waals surface area contributed by atoms with Crippen LogP contribution in [0.25, 0.3) is 11.4 Å². The Morgan fingerprint density at radius 1 is 1.41 bits per heavy atom. The number of halogens is 2. The smallest absolute Gasteiger partial charge is 0.234 e. The average molecular weight is 324 g/mol. The molecule has 2 fully saturated rings. The van der Waals surface area contributed by atoms with E-state index in [-0.39, 0.29) is 23.6 Å². The number of nitrogens with zero attached hydrogens (tertiary/aromatic N) is 2. The molecule has 4 rings (SSSR count). The van der Waals surface area contributed by atoms with Crippen molar-refractivity contribution in [2.24, 2.45) is 5.92 Å². The van der Waals surface area contributed by atoms with Crippen LogP contribution in [0.2, 0.25) is 0 Å². The van der Waals surface area contributed by atoms with Crippen LogP contribution in [0.1, 0.15) is 30.7 Å². The normalized spacial score (nSPS) is 26.7. The van der Waals surface area contributed by atoms with Gasteiger partial charge in [0.2, 0.25) is 11.7 Å². The molecule has 2 aliphatic rings. The van der Waals surface area contributed by atoms with Crippen LogP contribution in [-0.2, 0) is 5.41 Å². The minimum atomic E-state index is -0.238. The Morgan fingerprint density at radius 3 is 3.09 bits per heavy atom. The van der Waals surface area contributed by atoms with Crippen LogP contribution in [-0.4, -0.2) is 23.2 Å². The lowest BCUT2D eigenvalue weighted by Crippen LogP contribution is -2.31. The van der Waals surface area contributed by atoms with E-state index in [1.807, 2.05) is 6.07 Å². The van der Waals surface area contributed by atoms with Crippen LogP contribution in [0.4, 0.5) is 4.39 Å². The fraction of sp³-hybridized carbons (Fsp3) is 0.500. The van der Waals surface area contributed by atoms with Crippen LogP contribution in [0, 0.1) is 18.7 Å². The summed E-state index contributed by atoms with van der Waals surface area (Å²) in [6, 6.07) is 5.05. The number of fused-ring (bicyclic) bond motifs is 1. The summed E-state index contributed by atoms with van der Waals surface area (Å²) in [7, 11) is 0. The number of hydrogen-bond acceptors (Lipinski definition) is 4. The third-order valence-electron chi connectivity index (χ3n) is 5.07. The largest absolute Gasteiger partial charge is 0.338 e. The van der Waals surface area contributed by atoms with Crippen molar-refractivity contribution < 1.29 is 8.91 Å². The topological polar surface area (TPSA) is 51.0 Å². The maximum atomic E-state index is 13.7. The molecule has 4 nitrogen and oxygen atoms in total. The zero-order valence-electron chi connectivity index (χ0n) is 12.4. The Balaban J connectivity index is 0.00000144. The molecular weight excluding hydrogens is 305 g/mol. The second-order valence-corrected chi connectivity index (χ2v) is 6.26. The molecule has 22 heavy (non-hydrogen) atoms. The zero-order chi connectivity index (χ0) is 14.4. The van der Waals surface area contributed by atoms with E-state index in [4.69, 9.17) is 4.52 Å². The average Bonchev–Trinajstić information content (AvgIpc) is 3.14. The van der Waals surface area contributed by atoms with Gasteiger partial charge >= 0.3 is 0 Å². The molecule has 0 bridgehead atoms. The summed E-state index contributed by atoms with van der Waals surface area (Å²) in [5.41, 5.74) is 1.29. The molecule has 2 atom stereocenters. The lowest BCUT2D eigenvalue weighted by molar-refractivity contribution is 0.265. The quantitative estimate of drug-likeness (QED) is 0.921. The number of benzene rings is 1. The Kier molecular flexibility index (Phi) is 3.95. The lowest BCUT2D eigenvalue weighted by atomic mass is 9.80. The first kappa shape index (κ1) is 15.4. The molecule has 1 saturated heterocycles. The minimum absolute atomic E-state index is 0. The molecule has 0 spiro atoms. The van der Waals surface area contributed by atoms with Gasteiger partial charge in [-0.15, -0.1) is 12.4 Å². The van der Waals surface area contributed by atoms with Gasteiger partial charge in [0.25, 0.3) is 0 Å². The highest BCUT2D eigenvalue weighted by Gasteiger charge is 2.51. The number of nitrogens with one attached hydrogen (secondary N) is 1. The third-order valence-corrected chi connectivity index (χ3v) is 5.07. The molecule has 2 aromatic rings. The van der Waals surface area contributed by atoms with Crippen LogP contribution in [0.5, 0.6) is 0 Å². The molecule has 0 radical (unpaired) electrons. The van der Waals surface area contributed by atoms with Gasteiger partial charge in [-0.25, -0.2) is 4.39 Å². The molecule has 1 aromatic carbocycles. The van der Waals surface area contributed by atoms with Crippen molar-refractivity contribution >= 4 is 12.4 Å². The third kappa shape index (κ3) is 2.23. The molecular formula is C16H19ClFN3O. The number of aryl methyl sites for hydroxylation is 1.